The topological polar surface area (TPSA) is 47.8 Å². The molecule has 0 N–H and O–H groups in total. The van der Waals surface area contributed by atoms with Crippen molar-refractivity contribution in [1.82, 2.24) is 14.5 Å². The van der Waals surface area contributed by atoms with Crippen LogP contribution in [0.2, 0.25) is 5.02 Å². The lowest BCUT2D eigenvalue weighted by Gasteiger charge is -2.10. The molecule has 0 spiro atoms. The Morgan fingerprint density at radius 1 is 1.10 bits per heavy atom. The molecule has 2 heterocycles. The number of ketones is 1. The first-order chi connectivity index (χ1) is 14.0. The fourth-order valence-corrected chi connectivity index (χ4v) is 4.65. The van der Waals surface area contributed by atoms with Crippen molar-refractivity contribution in [3.63, 3.8) is 0 Å². The number of benzene rings is 2. The first kappa shape index (κ1) is 19.7. The number of carbonyl (C=O) groups is 1. The number of rotatable bonds is 6. The number of Topliss-reactive ketones (excluding diaryl/α,β-unsaturated/α-hetero) is 1. The maximum Gasteiger partial charge on any atom is 0.149 e. The number of halogens is 1. The van der Waals surface area contributed by atoms with Gasteiger partial charge in [-0.2, -0.15) is 0 Å². The van der Waals surface area contributed by atoms with E-state index < -0.39 is 0 Å². The minimum Gasteiger partial charge on any atom is -0.301 e. The van der Waals surface area contributed by atoms with E-state index in [4.69, 9.17) is 11.6 Å². The van der Waals surface area contributed by atoms with Crippen LogP contribution in [0.1, 0.15) is 20.3 Å². The summed E-state index contributed by atoms with van der Waals surface area (Å²) in [7, 11) is 0. The summed E-state index contributed by atoms with van der Waals surface area (Å²) in [6, 6.07) is 17.9. The van der Waals surface area contributed by atoms with E-state index in [0.29, 0.717) is 11.4 Å². The zero-order valence-corrected chi connectivity index (χ0v) is 17.7. The van der Waals surface area contributed by atoms with Crippen molar-refractivity contribution < 1.29 is 4.79 Å². The van der Waals surface area contributed by atoms with Gasteiger partial charge in [-0.25, -0.2) is 9.97 Å². The maximum atomic E-state index is 11.6. The Kier molecular flexibility index (Phi) is 5.69. The summed E-state index contributed by atoms with van der Waals surface area (Å²) < 4.78 is 2.06. The third-order valence-corrected chi connectivity index (χ3v) is 5.98. The van der Waals surface area contributed by atoms with Crippen LogP contribution in [0.4, 0.5) is 0 Å². The number of hydrogen-bond acceptors (Lipinski definition) is 4. The van der Waals surface area contributed by atoms with Crippen LogP contribution in [-0.4, -0.2) is 25.6 Å². The number of thioether (sulfide) groups is 1. The van der Waals surface area contributed by atoms with Crippen LogP contribution < -0.4 is 0 Å². The predicted octanol–water partition coefficient (Wildman–Crippen LogP) is 6.20. The highest BCUT2D eigenvalue weighted by Crippen LogP contribution is 2.38. The summed E-state index contributed by atoms with van der Waals surface area (Å²) in [5, 5.41) is 2.70. The molecule has 0 saturated carbocycles. The van der Waals surface area contributed by atoms with E-state index in [1.807, 2.05) is 42.5 Å². The molecule has 4 nitrogen and oxygen atoms in total. The van der Waals surface area contributed by atoms with Gasteiger partial charge in [-0.05, 0) is 36.8 Å². The summed E-state index contributed by atoms with van der Waals surface area (Å²) in [5.41, 5.74) is 3.97. The second-order valence-electron chi connectivity index (χ2n) is 6.97. The summed E-state index contributed by atoms with van der Waals surface area (Å²) in [5.74, 6) is 0.178. The minimum absolute atomic E-state index is 0.133. The molecule has 4 rings (SSSR count). The number of carbonyl (C=O) groups excluding carboxylic acids is 1. The Labute approximate surface area is 178 Å². The molecule has 0 amide bonds. The Hall–Kier alpha value is -2.63. The van der Waals surface area contributed by atoms with E-state index in [1.54, 1.807) is 25.0 Å². The zero-order chi connectivity index (χ0) is 20.4. The maximum absolute atomic E-state index is 11.6. The van der Waals surface area contributed by atoms with Crippen molar-refractivity contribution in [2.75, 3.05) is 0 Å². The standard InChI is InChI=1S/C23H20ClN3OS/c1-15(28)12-16(2)29-23-21-20(17-6-4-3-5-7-17)13-27(22(21)25-14-26-23)19-10-8-18(24)9-11-19/h3-11,13-14,16H,12H2,1-2H3/t16-/m0/s1. The second-order valence-corrected chi connectivity index (χ2v) is 8.83. The average Bonchev–Trinajstić information content (AvgIpc) is 3.09. The van der Waals surface area contributed by atoms with Crippen LogP contribution in [-0.2, 0) is 4.79 Å². The molecule has 2 aromatic carbocycles. The lowest BCUT2D eigenvalue weighted by Crippen LogP contribution is -2.04. The third-order valence-electron chi connectivity index (χ3n) is 4.63. The molecule has 6 heteroatoms. The van der Waals surface area contributed by atoms with Crippen LogP contribution in [0, 0.1) is 0 Å². The highest BCUT2D eigenvalue weighted by molar-refractivity contribution is 8.00. The summed E-state index contributed by atoms with van der Waals surface area (Å²) in [6.07, 6.45) is 4.19. The SMILES string of the molecule is CC(=O)C[C@H](C)Sc1ncnc2c1c(-c1ccccc1)cn2-c1ccc(Cl)cc1. The van der Waals surface area contributed by atoms with Gasteiger partial charge in [0.05, 0.1) is 5.39 Å². The zero-order valence-electron chi connectivity index (χ0n) is 16.2. The van der Waals surface area contributed by atoms with Crippen molar-refractivity contribution >= 4 is 40.2 Å². The van der Waals surface area contributed by atoms with Gasteiger partial charge in [-0.3, -0.25) is 4.79 Å². The molecule has 2 aromatic heterocycles. The third kappa shape index (κ3) is 4.21. The molecular formula is C23H20ClN3OS. The van der Waals surface area contributed by atoms with E-state index in [-0.39, 0.29) is 11.0 Å². The number of nitrogens with zero attached hydrogens (tertiary/aromatic N) is 3. The van der Waals surface area contributed by atoms with Crippen molar-refractivity contribution in [3.8, 4) is 16.8 Å². The largest absolute Gasteiger partial charge is 0.301 e. The molecule has 4 aromatic rings. The van der Waals surface area contributed by atoms with Crippen molar-refractivity contribution in [3.05, 3.63) is 72.1 Å². The van der Waals surface area contributed by atoms with Crippen LogP contribution in [0.25, 0.3) is 27.8 Å². The molecule has 1 atom stereocenters. The van der Waals surface area contributed by atoms with Crippen LogP contribution >= 0.6 is 23.4 Å². The molecule has 0 fully saturated rings. The fourth-order valence-electron chi connectivity index (χ4n) is 3.40. The minimum atomic E-state index is 0.133. The van der Waals surface area contributed by atoms with Gasteiger partial charge in [0.25, 0.3) is 0 Å². The second kappa shape index (κ2) is 8.39. The molecule has 29 heavy (non-hydrogen) atoms. The van der Waals surface area contributed by atoms with Crippen molar-refractivity contribution in [2.45, 2.75) is 30.5 Å². The van der Waals surface area contributed by atoms with Gasteiger partial charge in [-0.15, -0.1) is 11.8 Å². The summed E-state index contributed by atoms with van der Waals surface area (Å²) in [4.78, 5) is 20.7. The summed E-state index contributed by atoms with van der Waals surface area (Å²) >= 11 is 7.69. The van der Waals surface area contributed by atoms with Crippen LogP contribution in [0.3, 0.4) is 0 Å². The monoisotopic (exact) mass is 421 g/mol. The highest BCUT2D eigenvalue weighted by atomic mass is 35.5. The van der Waals surface area contributed by atoms with Crippen LogP contribution in [0.5, 0.6) is 0 Å². The first-order valence-electron chi connectivity index (χ1n) is 9.36. The molecule has 0 saturated heterocycles. The van der Waals surface area contributed by atoms with Gasteiger partial charge in [0.1, 0.15) is 22.8 Å². The molecule has 146 valence electrons. The van der Waals surface area contributed by atoms with E-state index in [1.165, 1.54) is 0 Å². The Morgan fingerprint density at radius 3 is 2.52 bits per heavy atom. The Morgan fingerprint density at radius 2 is 1.83 bits per heavy atom. The van der Waals surface area contributed by atoms with Crippen LogP contribution in [0.15, 0.2) is 72.1 Å². The fraction of sp³-hybridized carbons (Fsp3) is 0.174. The van der Waals surface area contributed by atoms with Gasteiger partial charge in [0.15, 0.2) is 0 Å². The Balaban J connectivity index is 1.91. The van der Waals surface area contributed by atoms with Gasteiger partial charge in [0, 0.05) is 34.1 Å². The van der Waals surface area contributed by atoms with Crippen molar-refractivity contribution in [2.24, 2.45) is 0 Å². The summed E-state index contributed by atoms with van der Waals surface area (Å²) in [6.45, 7) is 3.68. The molecule has 0 aliphatic heterocycles. The molecule has 0 radical (unpaired) electrons. The van der Waals surface area contributed by atoms with E-state index in [9.17, 15) is 4.79 Å². The lowest BCUT2D eigenvalue weighted by atomic mass is 10.1. The predicted molar refractivity (Wildman–Crippen MR) is 120 cm³/mol. The normalized spacial score (nSPS) is 12.2. The lowest BCUT2D eigenvalue weighted by molar-refractivity contribution is -0.116. The average molecular weight is 422 g/mol. The van der Waals surface area contributed by atoms with Gasteiger partial charge < -0.3 is 4.57 Å². The van der Waals surface area contributed by atoms with Gasteiger partial charge in [0.2, 0.25) is 0 Å². The number of fused-ring (bicyclic) bond motifs is 1. The molecule has 0 unspecified atom stereocenters. The molecule has 0 aliphatic rings. The van der Waals surface area contributed by atoms with Gasteiger partial charge in [-0.1, -0.05) is 48.9 Å². The van der Waals surface area contributed by atoms with Crippen molar-refractivity contribution in [1.29, 1.82) is 0 Å². The molecular weight excluding hydrogens is 402 g/mol. The smallest absolute Gasteiger partial charge is 0.149 e. The first-order valence-corrected chi connectivity index (χ1v) is 10.6. The van der Waals surface area contributed by atoms with Gasteiger partial charge >= 0.3 is 0 Å². The Bertz CT molecular complexity index is 1160. The quantitative estimate of drug-likeness (QED) is 0.274. The number of aromatic nitrogens is 3. The van der Waals surface area contributed by atoms with E-state index in [2.05, 4.69) is 39.8 Å². The van der Waals surface area contributed by atoms with E-state index >= 15 is 0 Å². The van der Waals surface area contributed by atoms with E-state index in [0.717, 1.165) is 32.9 Å². The molecule has 0 aliphatic carbocycles. The number of hydrogen-bond donors (Lipinski definition) is 0. The molecule has 0 bridgehead atoms. The highest BCUT2D eigenvalue weighted by Gasteiger charge is 2.19.